The Labute approximate surface area is 225 Å². The van der Waals surface area contributed by atoms with Gasteiger partial charge < -0.3 is 0 Å². The van der Waals surface area contributed by atoms with E-state index in [2.05, 4.69) is 152 Å². The van der Waals surface area contributed by atoms with Gasteiger partial charge in [0, 0.05) is 36.8 Å². The van der Waals surface area contributed by atoms with Crippen molar-refractivity contribution < 1.29 is 9.13 Å². The highest BCUT2D eigenvalue weighted by molar-refractivity contribution is 5.73. The number of nitrogens with zero attached hydrogens (tertiary/aromatic N) is 2. The second-order valence-electron chi connectivity index (χ2n) is 11.1. The molecule has 0 radical (unpaired) electrons. The first-order valence-corrected chi connectivity index (χ1v) is 13.5. The number of hydrogen-bond acceptors (Lipinski definition) is 0. The third-order valence-electron chi connectivity index (χ3n) is 8.70. The Morgan fingerprint density at radius 3 is 2.08 bits per heavy atom. The van der Waals surface area contributed by atoms with E-state index in [1.54, 1.807) is 0 Å². The van der Waals surface area contributed by atoms with E-state index in [-0.39, 0.29) is 17.5 Å². The fourth-order valence-electron chi connectivity index (χ4n) is 7.03. The molecule has 3 aromatic carbocycles. The van der Waals surface area contributed by atoms with E-state index >= 15 is 0 Å². The monoisotopic (exact) mass is 492 g/mol. The zero-order chi connectivity index (χ0) is 26.0. The largest absolute Gasteiger partial charge is 0.214 e. The summed E-state index contributed by atoms with van der Waals surface area (Å²) in [6.07, 6.45) is 6.69. The average molecular weight is 493 g/mol. The van der Waals surface area contributed by atoms with Crippen LogP contribution in [-0.2, 0) is 5.54 Å². The third-order valence-corrected chi connectivity index (χ3v) is 8.70. The number of pyridine rings is 2. The van der Waals surface area contributed by atoms with E-state index in [1.807, 2.05) is 0 Å². The summed E-state index contributed by atoms with van der Waals surface area (Å²) in [5, 5.41) is 0. The SMILES string of the molecule is C=CC1(C)C(C2c3ccccc3-c3cccc[n+]32)c2ccccc2-c2cc(-c3cc(C)cc(C)c3)cc[n+]21. The third kappa shape index (κ3) is 3.20. The van der Waals surface area contributed by atoms with Crippen LogP contribution >= 0.6 is 0 Å². The molecular formula is C36H32N2+2. The molecule has 0 N–H and O–H groups in total. The van der Waals surface area contributed by atoms with Crippen molar-refractivity contribution in [3.8, 4) is 33.6 Å². The molecule has 5 aromatic rings. The van der Waals surface area contributed by atoms with Gasteiger partial charge in [-0.1, -0.05) is 72.3 Å². The first-order valence-electron chi connectivity index (χ1n) is 13.5. The molecule has 0 saturated heterocycles. The zero-order valence-electron chi connectivity index (χ0n) is 22.2. The van der Waals surface area contributed by atoms with Crippen molar-refractivity contribution in [2.75, 3.05) is 0 Å². The molecule has 2 aliphatic rings. The molecule has 0 spiro atoms. The Bertz CT molecular complexity index is 1680. The van der Waals surface area contributed by atoms with E-state index in [0.717, 1.165) is 0 Å². The van der Waals surface area contributed by atoms with Crippen LogP contribution in [0.4, 0.5) is 0 Å². The number of rotatable bonds is 3. The molecule has 0 bridgehead atoms. The highest BCUT2D eigenvalue weighted by Gasteiger charge is 2.57. The summed E-state index contributed by atoms with van der Waals surface area (Å²) >= 11 is 0. The molecule has 0 aliphatic carbocycles. The van der Waals surface area contributed by atoms with Gasteiger partial charge in [0.2, 0.25) is 11.4 Å². The van der Waals surface area contributed by atoms with E-state index in [9.17, 15) is 0 Å². The predicted octanol–water partition coefficient (Wildman–Crippen LogP) is 7.48. The maximum absolute atomic E-state index is 4.44. The van der Waals surface area contributed by atoms with Gasteiger partial charge in [0.25, 0.3) is 0 Å². The summed E-state index contributed by atoms with van der Waals surface area (Å²) in [5.74, 6) is 0.163. The Kier molecular flexibility index (Phi) is 5.03. The first kappa shape index (κ1) is 22.9. The van der Waals surface area contributed by atoms with Crippen LogP contribution in [0.5, 0.6) is 0 Å². The fraction of sp³-hybridized carbons (Fsp3) is 0.167. The minimum absolute atomic E-state index is 0.159. The Hall–Kier alpha value is -4.30. The van der Waals surface area contributed by atoms with Crippen molar-refractivity contribution in [2.24, 2.45) is 0 Å². The van der Waals surface area contributed by atoms with Crippen LogP contribution in [0.25, 0.3) is 33.6 Å². The van der Waals surface area contributed by atoms with Crippen LogP contribution in [0.2, 0.25) is 0 Å². The Morgan fingerprint density at radius 1 is 0.684 bits per heavy atom. The molecule has 2 heteroatoms. The van der Waals surface area contributed by atoms with Crippen molar-refractivity contribution in [3.05, 3.63) is 144 Å². The van der Waals surface area contributed by atoms with Crippen LogP contribution in [0.3, 0.4) is 0 Å². The lowest BCUT2D eigenvalue weighted by Gasteiger charge is -2.38. The van der Waals surface area contributed by atoms with E-state index in [4.69, 9.17) is 0 Å². The second kappa shape index (κ2) is 8.36. The van der Waals surface area contributed by atoms with E-state index < -0.39 is 0 Å². The van der Waals surface area contributed by atoms with Crippen LogP contribution in [-0.4, -0.2) is 0 Å². The van der Waals surface area contributed by atoms with Crippen LogP contribution in [0.1, 0.15) is 41.1 Å². The normalized spacial score (nSPS) is 20.7. The van der Waals surface area contributed by atoms with Gasteiger partial charge in [-0.3, -0.25) is 0 Å². The topological polar surface area (TPSA) is 7.76 Å². The lowest BCUT2D eigenvalue weighted by atomic mass is 9.69. The van der Waals surface area contributed by atoms with Crippen molar-refractivity contribution in [2.45, 2.75) is 38.3 Å². The van der Waals surface area contributed by atoms with Crippen LogP contribution in [0, 0.1) is 13.8 Å². The van der Waals surface area contributed by atoms with Crippen LogP contribution in [0.15, 0.2) is 122 Å². The standard InChI is InChI=1S/C36H32N2/c1-5-36(4)34(35-31-15-9-7-13-29(31)32-16-10-11-18-37(32)35)30-14-8-6-12-28(30)33-23-26(17-19-38(33)36)27-21-24(2)20-25(3)22-27/h5-23,34-35H,1H2,2-4H3/q+2. The van der Waals surface area contributed by atoms with Gasteiger partial charge in [-0.05, 0) is 54.8 Å². The molecule has 2 aliphatic heterocycles. The molecule has 2 nitrogen and oxygen atoms in total. The van der Waals surface area contributed by atoms with Gasteiger partial charge in [-0.25, -0.2) is 0 Å². The van der Waals surface area contributed by atoms with Crippen molar-refractivity contribution in [3.63, 3.8) is 0 Å². The first-order chi connectivity index (χ1) is 18.5. The molecule has 7 rings (SSSR count). The molecule has 0 saturated carbocycles. The highest BCUT2D eigenvalue weighted by atomic mass is 15.1. The Morgan fingerprint density at radius 2 is 1.34 bits per heavy atom. The molecule has 184 valence electrons. The molecule has 3 unspecified atom stereocenters. The molecular weight excluding hydrogens is 460 g/mol. The summed E-state index contributed by atoms with van der Waals surface area (Å²) in [6, 6.07) is 36.0. The lowest BCUT2D eigenvalue weighted by molar-refractivity contribution is -0.766. The van der Waals surface area contributed by atoms with E-state index in [1.165, 1.54) is 55.9 Å². The van der Waals surface area contributed by atoms with Crippen molar-refractivity contribution in [1.29, 1.82) is 0 Å². The van der Waals surface area contributed by atoms with Gasteiger partial charge in [-0.2, -0.15) is 9.13 Å². The smallest absolute Gasteiger partial charge is 0.190 e. The van der Waals surface area contributed by atoms with Gasteiger partial charge >= 0.3 is 0 Å². The summed E-state index contributed by atoms with van der Waals surface area (Å²) in [5.41, 5.74) is 12.6. The number of aryl methyl sites for hydroxylation is 2. The molecule has 3 atom stereocenters. The van der Waals surface area contributed by atoms with Crippen molar-refractivity contribution >= 4 is 0 Å². The van der Waals surface area contributed by atoms with Gasteiger partial charge in [-0.15, -0.1) is 0 Å². The maximum Gasteiger partial charge on any atom is 0.214 e. The molecule has 4 heterocycles. The number of allylic oxidation sites excluding steroid dienone is 1. The van der Waals surface area contributed by atoms with Gasteiger partial charge in [0.05, 0.1) is 11.1 Å². The lowest BCUT2D eigenvalue weighted by Crippen LogP contribution is -2.63. The van der Waals surface area contributed by atoms with Crippen molar-refractivity contribution in [1.82, 2.24) is 0 Å². The van der Waals surface area contributed by atoms with E-state index in [0.29, 0.717) is 0 Å². The molecule has 0 amide bonds. The number of fused-ring (bicyclic) bond motifs is 6. The minimum Gasteiger partial charge on any atom is -0.190 e. The highest BCUT2D eigenvalue weighted by Crippen LogP contribution is 2.51. The average Bonchev–Trinajstić information content (AvgIpc) is 3.27. The predicted molar refractivity (Wildman–Crippen MR) is 154 cm³/mol. The van der Waals surface area contributed by atoms with Crippen LogP contribution < -0.4 is 9.13 Å². The molecule has 2 aromatic heterocycles. The summed E-state index contributed by atoms with van der Waals surface area (Å²) in [6.45, 7) is 11.1. The Balaban J connectivity index is 1.48. The molecule has 38 heavy (non-hydrogen) atoms. The number of aromatic nitrogens is 2. The number of hydrogen-bond donors (Lipinski definition) is 0. The zero-order valence-corrected chi connectivity index (χ0v) is 22.2. The fourth-order valence-corrected chi connectivity index (χ4v) is 7.03. The number of benzene rings is 3. The summed E-state index contributed by atoms with van der Waals surface area (Å²) < 4.78 is 4.94. The second-order valence-corrected chi connectivity index (χ2v) is 11.1. The quantitative estimate of drug-likeness (QED) is 0.182. The van der Waals surface area contributed by atoms with Gasteiger partial charge in [0.15, 0.2) is 24.0 Å². The van der Waals surface area contributed by atoms with Gasteiger partial charge in [0.1, 0.15) is 5.92 Å². The minimum atomic E-state index is -0.340. The summed E-state index contributed by atoms with van der Waals surface area (Å²) in [4.78, 5) is 0. The molecule has 0 fully saturated rings. The maximum atomic E-state index is 4.44. The summed E-state index contributed by atoms with van der Waals surface area (Å²) in [7, 11) is 0.